The molecule has 1 N–H and O–H groups in total. The Labute approximate surface area is 225 Å². The Morgan fingerprint density at radius 2 is 1.47 bits per heavy atom. The van der Waals surface area contributed by atoms with E-state index in [2.05, 4.69) is 37.2 Å². The van der Waals surface area contributed by atoms with Crippen molar-refractivity contribution in [3.05, 3.63) is 66.7 Å². The number of halogens is 2. The third-order valence-electron chi connectivity index (χ3n) is 7.87. The fraction of sp³-hybridized carbons (Fsp3) is 0.321. The van der Waals surface area contributed by atoms with E-state index in [1.807, 2.05) is 42.5 Å². The van der Waals surface area contributed by atoms with Crippen molar-refractivity contribution in [1.82, 2.24) is 4.90 Å². The summed E-state index contributed by atoms with van der Waals surface area (Å²) in [6.45, 7) is 1.61. The number of benzene rings is 3. The number of fused-ring (bicyclic) bond motifs is 6. The van der Waals surface area contributed by atoms with Crippen molar-refractivity contribution >= 4 is 66.0 Å². The van der Waals surface area contributed by atoms with Gasteiger partial charge in [0.25, 0.3) is 0 Å². The van der Waals surface area contributed by atoms with Crippen molar-refractivity contribution in [2.45, 2.75) is 29.0 Å². The number of ether oxygens (including phenoxy) is 1. The Bertz CT molecular complexity index is 1350. The van der Waals surface area contributed by atoms with Crippen molar-refractivity contribution in [2.75, 3.05) is 5.32 Å². The summed E-state index contributed by atoms with van der Waals surface area (Å²) in [6, 6.07) is 20.1. The maximum atomic E-state index is 13.2. The molecule has 0 radical (unpaired) electrons. The highest BCUT2D eigenvalue weighted by molar-refractivity contribution is 9.12. The molecule has 3 aromatic rings. The van der Waals surface area contributed by atoms with Crippen LogP contribution in [0.4, 0.5) is 5.69 Å². The van der Waals surface area contributed by atoms with E-state index in [1.54, 1.807) is 31.2 Å². The Balaban J connectivity index is 1.12. The van der Waals surface area contributed by atoms with Gasteiger partial charge in [0.1, 0.15) is 17.5 Å². The molecule has 8 heteroatoms. The van der Waals surface area contributed by atoms with Gasteiger partial charge in [-0.3, -0.25) is 19.3 Å². The van der Waals surface area contributed by atoms with Gasteiger partial charge in [-0.1, -0.05) is 62.2 Å². The second kappa shape index (κ2) is 8.99. The third-order valence-corrected chi connectivity index (χ3v) is 11.1. The van der Waals surface area contributed by atoms with Crippen LogP contribution in [0.1, 0.15) is 13.3 Å². The summed E-state index contributed by atoms with van der Waals surface area (Å²) in [5, 5.41) is 5.07. The number of alkyl halides is 2. The van der Waals surface area contributed by atoms with E-state index in [-0.39, 0.29) is 45.1 Å². The average molecular weight is 612 g/mol. The van der Waals surface area contributed by atoms with Crippen LogP contribution in [-0.2, 0) is 14.4 Å². The minimum absolute atomic E-state index is 0.122. The van der Waals surface area contributed by atoms with Crippen LogP contribution in [0, 0.1) is 23.7 Å². The van der Waals surface area contributed by atoms with Crippen LogP contribution in [-0.4, -0.2) is 38.3 Å². The first kappa shape index (κ1) is 23.7. The lowest BCUT2D eigenvalue weighted by Crippen LogP contribution is -2.46. The van der Waals surface area contributed by atoms with Crippen LogP contribution in [0.2, 0.25) is 0 Å². The second-order valence-corrected chi connectivity index (χ2v) is 12.0. The summed E-state index contributed by atoms with van der Waals surface area (Å²) in [4.78, 5) is 41.0. The van der Waals surface area contributed by atoms with Crippen LogP contribution in [0.3, 0.4) is 0 Å². The van der Waals surface area contributed by atoms with E-state index in [0.717, 1.165) is 22.9 Å². The van der Waals surface area contributed by atoms with Gasteiger partial charge in [-0.15, -0.1) is 0 Å². The molecule has 2 aliphatic carbocycles. The molecular weight excluding hydrogens is 588 g/mol. The molecule has 0 aromatic heterocycles. The molecule has 6 nitrogen and oxygen atoms in total. The van der Waals surface area contributed by atoms with Crippen LogP contribution in [0.25, 0.3) is 10.8 Å². The maximum Gasteiger partial charge on any atom is 0.247 e. The van der Waals surface area contributed by atoms with E-state index < -0.39 is 11.9 Å². The minimum atomic E-state index is -0.883. The first-order valence-corrected chi connectivity index (χ1v) is 13.9. The number of nitrogens with one attached hydrogen (secondary N) is 1. The zero-order valence-electron chi connectivity index (χ0n) is 19.4. The number of amides is 3. The standard InChI is InChI=1S/C28H24Br2N2O4/c1-14(32-27(34)22-20-13-21(23(22)28(32)35)25(30)24(20)29)26(33)31-17-7-10-18(11-8-17)36-19-9-6-15-4-2-3-5-16(15)12-19/h2-12,14,20-25H,13H2,1H3,(H,31,33)/t14-,20-,21-,22-,23-,24+,25+/m1/s1. The lowest BCUT2D eigenvalue weighted by atomic mass is 9.81. The number of carbonyl (C=O) groups excluding carboxylic acids is 3. The number of hydrogen-bond donors (Lipinski definition) is 1. The topological polar surface area (TPSA) is 75.7 Å². The van der Waals surface area contributed by atoms with Crippen molar-refractivity contribution in [2.24, 2.45) is 23.7 Å². The number of hydrogen-bond acceptors (Lipinski definition) is 4. The fourth-order valence-electron chi connectivity index (χ4n) is 6.09. The smallest absolute Gasteiger partial charge is 0.247 e. The van der Waals surface area contributed by atoms with E-state index in [9.17, 15) is 14.4 Å². The zero-order valence-corrected chi connectivity index (χ0v) is 22.6. The van der Waals surface area contributed by atoms with Crippen molar-refractivity contribution in [3.63, 3.8) is 0 Å². The molecule has 184 valence electrons. The van der Waals surface area contributed by atoms with Gasteiger partial charge < -0.3 is 10.1 Å². The molecule has 1 aliphatic heterocycles. The lowest BCUT2D eigenvalue weighted by Gasteiger charge is -2.28. The predicted octanol–water partition coefficient (Wildman–Crippen LogP) is 5.74. The Hall–Kier alpha value is -2.71. The molecule has 3 aliphatic rings. The van der Waals surface area contributed by atoms with Gasteiger partial charge in [0.2, 0.25) is 17.7 Å². The molecular formula is C28H24Br2N2O4. The van der Waals surface area contributed by atoms with Gasteiger partial charge in [-0.25, -0.2) is 0 Å². The number of anilines is 1. The summed E-state index contributed by atoms with van der Waals surface area (Å²) >= 11 is 7.39. The molecule has 1 saturated heterocycles. The minimum Gasteiger partial charge on any atom is -0.457 e. The molecule has 3 amide bonds. The predicted molar refractivity (Wildman–Crippen MR) is 144 cm³/mol. The Morgan fingerprint density at radius 1 is 0.889 bits per heavy atom. The number of carbonyl (C=O) groups is 3. The van der Waals surface area contributed by atoms with E-state index >= 15 is 0 Å². The molecule has 7 atom stereocenters. The highest BCUT2D eigenvalue weighted by atomic mass is 79.9. The molecule has 1 heterocycles. The monoisotopic (exact) mass is 610 g/mol. The van der Waals surface area contributed by atoms with Crippen LogP contribution >= 0.6 is 31.9 Å². The molecule has 0 spiro atoms. The quantitative estimate of drug-likeness (QED) is 0.295. The second-order valence-electron chi connectivity index (χ2n) is 9.85. The normalized spacial score (nSPS) is 29.5. The van der Waals surface area contributed by atoms with Crippen LogP contribution < -0.4 is 10.1 Å². The molecule has 3 aromatic carbocycles. The van der Waals surface area contributed by atoms with Crippen LogP contribution in [0.15, 0.2) is 66.7 Å². The van der Waals surface area contributed by atoms with E-state index in [0.29, 0.717) is 11.4 Å². The van der Waals surface area contributed by atoms with Gasteiger partial charge in [0.15, 0.2) is 0 Å². The highest BCUT2D eigenvalue weighted by Gasteiger charge is 2.67. The summed E-state index contributed by atoms with van der Waals surface area (Å²) in [6.07, 6.45) is 0.862. The molecule has 0 unspecified atom stereocenters. The van der Waals surface area contributed by atoms with Gasteiger partial charge >= 0.3 is 0 Å². The fourth-order valence-corrected chi connectivity index (χ4v) is 7.96. The summed E-state index contributed by atoms with van der Waals surface area (Å²) in [7, 11) is 0. The summed E-state index contributed by atoms with van der Waals surface area (Å²) in [5.74, 6) is 0.112. The van der Waals surface area contributed by atoms with Crippen molar-refractivity contribution in [3.8, 4) is 11.5 Å². The van der Waals surface area contributed by atoms with Crippen molar-refractivity contribution in [1.29, 1.82) is 0 Å². The lowest BCUT2D eigenvalue weighted by molar-refractivity contribution is -0.146. The largest absolute Gasteiger partial charge is 0.457 e. The summed E-state index contributed by atoms with van der Waals surface area (Å²) in [5.41, 5.74) is 0.568. The summed E-state index contributed by atoms with van der Waals surface area (Å²) < 4.78 is 5.97. The molecule has 36 heavy (non-hydrogen) atoms. The Kier molecular flexibility index (Phi) is 5.91. The van der Waals surface area contributed by atoms with Crippen LogP contribution in [0.5, 0.6) is 11.5 Å². The SMILES string of the molecule is C[C@H](C(=O)Nc1ccc(Oc2ccc3ccccc3c2)cc1)N1C(=O)[C@@H]2[C@H]3C[C@@H]([C@H](Br)[C@H]3Br)[C@H]2C1=O. The van der Waals surface area contributed by atoms with Gasteiger partial charge in [-0.05, 0) is 72.4 Å². The Morgan fingerprint density at radius 3 is 2.11 bits per heavy atom. The number of rotatable bonds is 5. The van der Waals surface area contributed by atoms with E-state index in [1.165, 1.54) is 4.90 Å². The third kappa shape index (κ3) is 3.77. The highest BCUT2D eigenvalue weighted by Crippen LogP contribution is 2.60. The number of imide groups is 1. The van der Waals surface area contributed by atoms with Gasteiger partial charge in [0, 0.05) is 15.3 Å². The average Bonchev–Trinajstić information content (AvgIpc) is 3.49. The zero-order chi connectivity index (χ0) is 25.1. The van der Waals surface area contributed by atoms with E-state index in [4.69, 9.17) is 4.74 Å². The van der Waals surface area contributed by atoms with Gasteiger partial charge in [0.05, 0.1) is 11.8 Å². The van der Waals surface area contributed by atoms with Gasteiger partial charge in [-0.2, -0.15) is 0 Å². The molecule has 6 rings (SSSR count). The first-order valence-electron chi connectivity index (χ1n) is 12.1. The van der Waals surface area contributed by atoms with Crippen molar-refractivity contribution < 1.29 is 19.1 Å². The molecule has 2 saturated carbocycles. The maximum absolute atomic E-state index is 13.2. The first-order chi connectivity index (χ1) is 17.3. The molecule has 2 bridgehead atoms. The number of nitrogens with zero attached hydrogens (tertiary/aromatic N) is 1. The number of likely N-dealkylation sites (tertiary alicyclic amines) is 1. The molecule has 3 fully saturated rings.